The minimum absolute atomic E-state index is 0. The van der Waals surface area contributed by atoms with Gasteiger partial charge in [0.05, 0.1) is 5.60 Å². The van der Waals surface area contributed by atoms with Gasteiger partial charge in [-0.15, -0.1) is 0 Å². The number of benzene rings is 1. The van der Waals surface area contributed by atoms with Crippen LogP contribution in [0.4, 0.5) is 0 Å². The molecule has 4 heteroatoms. The van der Waals surface area contributed by atoms with Crippen molar-refractivity contribution in [2.75, 3.05) is 32.1 Å². The molecule has 2 nitrogen and oxygen atoms in total. The Balaban J connectivity index is 0.00000162. The molecule has 0 radical (unpaired) electrons. The van der Waals surface area contributed by atoms with Crippen LogP contribution in [0, 0.1) is 5.92 Å². The maximum absolute atomic E-state index is 11.0. The van der Waals surface area contributed by atoms with Crippen LogP contribution < -0.4 is 12.4 Å². The Kier molecular flexibility index (Phi) is 5.99. The van der Waals surface area contributed by atoms with Crippen molar-refractivity contribution in [1.82, 2.24) is 4.90 Å². The summed E-state index contributed by atoms with van der Waals surface area (Å²) in [7, 11) is 4.15. The Bertz CT molecular complexity index is 360. The van der Waals surface area contributed by atoms with Crippen LogP contribution in [-0.4, -0.2) is 42.2 Å². The lowest BCUT2D eigenvalue weighted by molar-refractivity contribution is -0.0293. The molecule has 1 aromatic carbocycles. The van der Waals surface area contributed by atoms with E-state index in [1.807, 2.05) is 30.0 Å². The lowest BCUT2D eigenvalue weighted by atomic mass is 9.79. The molecule has 2 atom stereocenters. The number of hydrogen-bond donors (Lipinski definition) is 1. The molecule has 102 valence electrons. The second kappa shape index (κ2) is 6.80. The van der Waals surface area contributed by atoms with Crippen molar-refractivity contribution in [2.24, 2.45) is 5.92 Å². The summed E-state index contributed by atoms with van der Waals surface area (Å²) in [5.41, 5.74) is 0.434. The zero-order valence-corrected chi connectivity index (χ0v) is 12.5. The molecule has 0 amide bonds. The van der Waals surface area contributed by atoms with Gasteiger partial charge in [-0.25, -0.2) is 0 Å². The van der Waals surface area contributed by atoms with Gasteiger partial charge in [0.15, 0.2) is 0 Å². The number of halogens is 1. The molecule has 1 fully saturated rings. The predicted octanol–water partition coefficient (Wildman–Crippen LogP) is -0.807. The van der Waals surface area contributed by atoms with E-state index in [0.29, 0.717) is 5.92 Å². The van der Waals surface area contributed by atoms with Gasteiger partial charge in [-0.3, -0.25) is 0 Å². The van der Waals surface area contributed by atoms with Crippen LogP contribution in [-0.2, 0) is 5.60 Å². The van der Waals surface area contributed by atoms with E-state index in [1.165, 1.54) is 0 Å². The van der Waals surface area contributed by atoms with Crippen molar-refractivity contribution < 1.29 is 17.5 Å². The molecule has 1 aliphatic rings. The Morgan fingerprint density at radius 2 is 2.00 bits per heavy atom. The summed E-state index contributed by atoms with van der Waals surface area (Å²) in [5, 5.41) is 11.0. The average molecular weight is 287 g/mol. The third-order valence-electron chi connectivity index (χ3n) is 3.48. The van der Waals surface area contributed by atoms with E-state index < -0.39 is 5.60 Å². The van der Waals surface area contributed by atoms with E-state index in [-0.39, 0.29) is 12.4 Å². The highest BCUT2D eigenvalue weighted by molar-refractivity contribution is 7.99. The highest BCUT2D eigenvalue weighted by Gasteiger charge is 2.40. The quantitative estimate of drug-likeness (QED) is 0.787. The summed E-state index contributed by atoms with van der Waals surface area (Å²) in [6.07, 6.45) is 0.861. The Labute approximate surface area is 120 Å². The Morgan fingerprint density at radius 3 is 2.61 bits per heavy atom. The summed E-state index contributed by atoms with van der Waals surface area (Å²) in [6.45, 7) is 0.943. The average Bonchev–Trinajstić information content (AvgIpc) is 2.33. The highest BCUT2D eigenvalue weighted by Crippen LogP contribution is 2.40. The van der Waals surface area contributed by atoms with Gasteiger partial charge in [0, 0.05) is 18.2 Å². The summed E-state index contributed by atoms with van der Waals surface area (Å²) in [4.78, 5) is 2.17. The molecule has 0 bridgehead atoms. The zero-order valence-electron chi connectivity index (χ0n) is 11.0. The normalized spacial score (nSPS) is 27.9. The van der Waals surface area contributed by atoms with E-state index in [0.717, 1.165) is 30.0 Å². The van der Waals surface area contributed by atoms with Crippen molar-refractivity contribution >= 4 is 11.8 Å². The minimum Gasteiger partial charge on any atom is -1.00 e. The summed E-state index contributed by atoms with van der Waals surface area (Å²) < 4.78 is 0. The number of hydrogen-bond acceptors (Lipinski definition) is 3. The van der Waals surface area contributed by atoms with E-state index >= 15 is 0 Å². The van der Waals surface area contributed by atoms with Crippen LogP contribution in [0.5, 0.6) is 0 Å². The van der Waals surface area contributed by atoms with Gasteiger partial charge < -0.3 is 22.4 Å². The molecular formula is C14H21ClNOS-. The van der Waals surface area contributed by atoms with Gasteiger partial charge in [-0.1, -0.05) is 30.3 Å². The SMILES string of the molecule is CN(C)CC1CSCCC1(O)c1ccccc1.[Cl-]. The van der Waals surface area contributed by atoms with E-state index in [2.05, 4.69) is 31.1 Å². The van der Waals surface area contributed by atoms with Gasteiger partial charge in [0.1, 0.15) is 0 Å². The number of aliphatic hydroxyl groups is 1. The number of rotatable bonds is 3. The number of nitrogens with zero attached hydrogens (tertiary/aromatic N) is 1. The van der Waals surface area contributed by atoms with Gasteiger partial charge in [0.2, 0.25) is 0 Å². The monoisotopic (exact) mass is 286 g/mol. The van der Waals surface area contributed by atoms with Crippen molar-refractivity contribution in [2.45, 2.75) is 12.0 Å². The van der Waals surface area contributed by atoms with E-state index in [9.17, 15) is 5.11 Å². The second-order valence-corrected chi connectivity index (χ2v) is 6.22. The molecule has 2 rings (SSSR count). The predicted molar refractivity (Wildman–Crippen MR) is 74.3 cm³/mol. The number of thioether (sulfide) groups is 1. The maximum Gasteiger partial charge on any atom is 0.0952 e. The first-order valence-electron chi connectivity index (χ1n) is 6.13. The van der Waals surface area contributed by atoms with Crippen molar-refractivity contribution in [3.05, 3.63) is 35.9 Å². The first kappa shape index (κ1) is 15.8. The summed E-state index contributed by atoms with van der Waals surface area (Å²) in [6, 6.07) is 10.1. The molecule has 1 aromatic rings. The zero-order chi connectivity index (χ0) is 12.3. The largest absolute Gasteiger partial charge is 1.00 e. The fraction of sp³-hybridized carbons (Fsp3) is 0.571. The van der Waals surface area contributed by atoms with Crippen LogP contribution in [0.2, 0.25) is 0 Å². The van der Waals surface area contributed by atoms with Crippen LogP contribution in [0.15, 0.2) is 30.3 Å². The maximum atomic E-state index is 11.0. The molecular weight excluding hydrogens is 266 g/mol. The van der Waals surface area contributed by atoms with E-state index in [1.54, 1.807) is 0 Å². The summed E-state index contributed by atoms with van der Waals surface area (Å²) >= 11 is 1.96. The molecule has 1 saturated heterocycles. The smallest absolute Gasteiger partial charge is 0.0952 e. The minimum atomic E-state index is -0.642. The topological polar surface area (TPSA) is 23.5 Å². The van der Waals surface area contributed by atoms with Gasteiger partial charge in [0.25, 0.3) is 0 Å². The fourth-order valence-corrected chi connectivity index (χ4v) is 3.83. The van der Waals surface area contributed by atoms with E-state index in [4.69, 9.17) is 0 Å². The lowest BCUT2D eigenvalue weighted by Crippen LogP contribution is -3.00. The molecule has 0 aromatic heterocycles. The van der Waals surface area contributed by atoms with Gasteiger partial charge >= 0.3 is 0 Å². The van der Waals surface area contributed by atoms with Crippen LogP contribution in [0.25, 0.3) is 0 Å². The van der Waals surface area contributed by atoms with Crippen LogP contribution >= 0.6 is 11.8 Å². The van der Waals surface area contributed by atoms with Crippen LogP contribution in [0.3, 0.4) is 0 Å². The lowest BCUT2D eigenvalue weighted by Gasteiger charge is -2.41. The van der Waals surface area contributed by atoms with Gasteiger partial charge in [-0.05, 0) is 31.8 Å². The standard InChI is InChI=1S/C14H21NOS.ClH/c1-15(2)10-13-11-17-9-8-14(13,16)12-6-4-3-5-7-12;/h3-7,13,16H,8-11H2,1-2H3;1H/p-1. The molecule has 1 aliphatic heterocycles. The van der Waals surface area contributed by atoms with Crippen molar-refractivity contribution in [1.29, 1.82) is 0 Å². The molecule has 1 N–H and O–H groups in total. The molecule has 1 heterocycles. The Hall–Kier alpha value is -0.220. The van der Waals surface area contributed by atoms with Crippen molar-refractivity contribution in [3.63, 3.8) is 0 Å². The van der Waals surface area contributed by atoms with Gasteiger partial charge in [-0.2, -0.15) is 11.8 Å². The van der Waals surface area contributed by atoms with Crippen molar-refractivity contribution in [3.8, 4) is 0 Å². The van der Waals surface area contributed by atoms with Crippen LogP contribution in [0.1, 0.15) is 12.0 Å². The third kappa shape index (κ3) is 3.41. The summed E-state index contributed by atoms with van der Waals surface area (Å²) in [5.74, 6) is 2.41. The second-order valence-electron chi connectivity index (χ2n) is 5.07. The molecule has 2 unspecified atom stereocenters. The fourth-order valence-electron chi connectivity index (χ4n) is 2.55. The molecule has 0 saturated carbocycles. The molecule has 18 heavy (non-hydrogen) atoms. The first-order valence-corrected chi connectivity index (χ1v) is 7.29. The molecule has 0 spiro atoms. The highest BCUT2D eigenvalue weighted by atomic mass is 35.5. The first-order chi connectivity index (χ1) is 8.13. The third-order valence-corrected chi connectivity index (χ3v) is 4.61. The molecule has 0 aliphatic carbocycles. The Morgan fingerprint density at radius 1 is 1.33 bits per heavy atom.